The van der Waals surface area contributed by atoms with Crippen LogP contribution in [0.25, 0.3) is 22.8 Å². The maximum Gasteiger partial charge on any atom is 0.407 e. The van der Waals surface area contributed by atoms with Gasteiger partial charge in [0.25, 0.3) is 5.91 Å². The second-order valence-electron chi connectivity index (χ2n) is 11.5. The maximum absolute atomic E-state index is 12.9. The third-order valence-electron chi connectivity index (χ3n) is 6.48. The van der Waals surface area contributed by atoms with Gasteiger partial charge in [-0.15, -0.1) is 0 Å². The fourth-order valence-corrected chi connectivity index (χ4v) is 5.23. The van der Waals surface area contributed by atoms with E-state index in [9.17, 15) is 14.0 Å². The number of nitrogens with zero attached hydrogens (tertiary/aromatic N) is 2. The number of imidazole rings is 2. The molecule has 0 atom stereocenters. The highest BCUT2D eigenvalue weighted by Crippen LogP contribution is 2.29. The summed E-state index contributed by atoms with van der Waals surface area (Å²) in [6.45, 7) is 10.3. The average Bonchev–Trinajstić information content (AvgIpc) is 3.72. The van der Waals surface area contributed by atoms with Gasteiger partial charge < -0.3 is 25.3 Å². The number of aromatic nitrogens is 4. The largest absolute Gasteiger partial charge is 0.444 e. The molecular weight excluding hydrogens is 737 g/mol. The van der Waals surface area contributed by atoms with Crippen molar-refractivity contribution >= 4 is 58.4 Å². The molecule has 0 saturated carbocycles. The molecule has 0 radical (unpaired) electrons. The SMILES string of the molecule is C.CC.CC(C)(C)OC(=O)NCCc1cnc(-c2ccc(Cl)cc2Cl)[nH]1.O=C(NCCc1cnc(-c2ccc(Cl)cc2Cl)[nH]1)c1ccc(F)cc1. The normalized spacial score (nSPS) is 10.5. The highest BCUT2D eigenvalue weighted by Gasteiger charge is 2.16. The van der Waals surface area contributed by atoms with Gasteiger partial charge in [0.05, 0.1) is 10.0 Å². The molecule has 9 nitrogen and oxygen atoms in total. The molecule has 274 valence electrons. The zero-order chi connectivity index (χ0) is 36.8. The molecule has 2 amide bonds. The van der Waals surface area contributed by atoms with Crippen molar-refractivity contribution in [3.8, 4) is 22.8 Å². The van der Waals surface area contributed by atoms with Crippen LogP contribution in [0, 0.1) is 5.82 Å². The summed E-state index contributed by atoms with van der Waals surface area (Å²) in [4.78, 5) is 38.5. The van der Waals surface area contributed by atoms with Crippen LogP contribution in [-0.2, 0) is 17.6 Å². The van der Waals surface area contributed by atoms with Crippen molar-refractivity contribution in [2.24, 2.45) is 0 Å². The lowest BCUT2D eigenvalue weighted by molar-refractivity contribution is 0.0528. The van der Waals surface area contributed by atoms with E-state index in [0.29, 0.717) is 63.2 Å². The predicted molar refractivity (Wildman–Crippen MR) is 207 cm³/mol. The summed E-state index contributed by atoms with van der Waals surface area (Å²) in [6.07, 6.45) is 4.17. The Kier molecular flexibility index (Phi) is 17.5. The summed E-state index contributed by atoms with van der Waals surface area (Å²) in [5, 5.41) is 7.67. The topological polar surface area (TPSA) is 125 Å². The molecule has 51 heavy (non-hydrogen) atoms. The fraction of sp³-hybridized carbons (Fsp3) is 0.297. The highest BCUT2D eigenvalue weighted by atomic mass is 35.5. The average molecular weight is 781 g/mol. The Hall–Kier alpha value is -4.09. The van der Waals surface area contributed by atoms with Crippen molar-refractivity contribution in [3.05, 3.63) is 116 Å². The number of nitrogens with one attached hydrogen (secondary N) is 4. The number of amides is 2. The second-order valence-corrected chi connectivity index (χ2v) is 13.1. The Morgan fingerprint density at radius 3 is 1.63 bits per heavy atom. The lowest BCUT2D eigenvalue weighted by Crippen LogP contribution is -2.33. The molecule has 0 bridgehead atoms. The number of ether oxygens (including phenoxy) is 1. The van der Waals surface area contributed by atoms with Crippen LogP contribution < -0.4 is 10.6 Å². The van der Waals surface area contributed by atoms with Gasteiger partial charge in [-0.2, -0.15) is 0 Å². The molecule has 0 aliphatic rings. The molecule has 0 saturated heterocycles. The molecule has 3 aromatic carbocycles. The molecule has 0 aliphatic heterocycles. The predicted octanol–water partition coefficient (Wildman–Crippen LogP) is 10.6. The Bertz CT molecular complexity index is 1860. The number of carbonyl (C=O) groups excluding carboxylic acids is 2. The lowest BCUT2D eigenvalue weighted by Gasteiger charge is -2.19. The van der Waals surface area contributed by atoms with E-state index >= 15 is 0 Å². The minimum Gasteiger partial charge on any atom is -0.444 e. The summed E-state index contributed by atoms with van der Waals surface area (Å²) < 4.78 is 18.0. The standard InChI is InChI=1S/C18H14Cl2FN3O.C16H19Cl2N3O2.C2H6.CH4/c19-12-3-6-15(16(20)9-12)17-23-10-14(24-17)7-8-22-18(25)11-1-4-13(21)5-2-11;1-16(2,3)23-15(22)19-7-6-11-9-20-14(21-11)12-5-4-10(17)8-13(12)18;1-2;/h1-6,9-10H,7-8H2,(H,22,25)(H,23,24);4-5,8-9H,6-7H2,1-3H3,(H,19,22)(H,20,21);1-2H3;1H4. The highest BCUT2D eigenvalue weighted by molar-refractivity contribution is 6.36. The minimum atomic E-state index is -0.503. The molecule has 14 heteroatoms. The van der Waals surface area contributed by atoms with Crippen LogP contribution in [0.2, 0.25) is 20.1 Å². The van der Waals surface area contributed by atoms with E-state index in [4.69, 9.17) is 51.1 Å². The first-order valence-electron chi connectivity index (χ1n) is 15.8. The first-order chi connectivity index (χ1) is 23.8. The van der Waals surface area contributed by atoms with E-state index in [-0.39, 0.29) is 19.2 Å². The monoisotopic (exact) mass is 778 g/mol. The molecule has 0 spiro atoms. The number of benzene rings is 3. The van der Waals surface area contributed by atoms with E-state index in [0.717, 1.165) is 22.5 Å². The molecule has 2 heterocycles. The van der Waals surface area contributed by atoms with Crippen LogP contribution in [0.5, 0.6) is 0 Å². The van der Waals surface area contributed by atoms with E-state index < -0.39 is 11.7 Å². The van der Waals surface area contributed by atoms with Crippen LogP contribution in [-0.4, -0.2) is 50.6 Å². The molecule has 0 aliphatic carbocycles. The second kappa shape index (κ2) is 20.7. The van der Waals surface area contributed by atoms with Crippen LogP contribution in [0.1, 0.15) is 63.8 Å². The molecule has 0 fully saturated rings. The quantitative estimate of drug-likeness (QED) is 0.119. The number of hydrogen-bond acceptors (Lipinski definition) is 5. The third kappa shape index (κ3) is 14.2. The van der Waals surface area contributed by atoms with Crippen LogP contribution in [0.3, 0.4) is 0 Å². The Morgan fingerprint density at radius 1 is 0.745 bits per heavy atom. The van der Waals surface area contributed by atoms with E-state index in [2.05, 4.69) is 30.6 Å². The molecule has 4 N–H and O–H groups in total. The van der Waals surface area contributed by atoms with Crippen molar-refractivity contribution in [1.82, 2.24) is 30.6 Å². The van der Waals surface area contributed by atoms with Gasteiger partial charge in [0.1, 0.15) is 23.1 Å². The van der Waals surface area contributed by atoms with Gasteiger partial charge in [0.2, 0.25) is 0 Å². The number of halogens is 5. The van der Waals surface area contributed by atoms with Crippen LogP contribution in [0.4, 0.5) is 9.18 Å². The van der Waals surface area contributed by atoms with E-state index in [1.807, 2.05) is 40.7 Å². The smallest absolute Gasteiger partial charge is 0.407 e. The number of rotatable bonds is 9. The van der Waals surface area contributed by atoms with Gasteiger partial charge in [-0.05, 0) is 81.4 Å². The summed E-state index contributed by atoms with van der Waals surface area (Å²) in [6, 6.07) is 15.8. The summed E-state index contributed by atoms with van der Waals surface area (Å²) in [5.41, 5.74) is 3.20. The first-order valence-corrected chi connectivity index (χ1v) is 17.3. The van der Waals surface area contributed by atoms with Crippen LogP contribution in [0.15, 0.2) is 73.1 Å². The summed E-state index contributed by atoms with van der Waals surface area (Å²) in [7, 11) is 0. The number of hydrogen-bond donors (Lipinski definition) is 4. The fourth-order valence-electron chi connectivity index (χ4n) is 4.24. The number of carbonyl (C=O) groups is 2. The molecule has 5 aromatic rings. The van der Waals surface area contributed by atoms with E-state index in [1.165, 1.54) is 24.3 Å². The Labute approximate surface area is 318 Å². The van der Waals surface area contributed by atoms with E-state index in [1.54, 1.807) is 42.7 Å². The summed E-state index contributed by atoms with van der Waals surface area (Å²) >= 11 is 24.1. The molecular formula is C37H43Cl4FN6O3. The third-order valence-corrected chi connectivity index (χ3v) is 7.57. The van der Waals surface area contributed by atoms with Gasteiger partial charge in [0, 0.05) is 76.4 Å². The van der Waals surface area contributed by atoms with Crippen molar-refractivity contribution in [3.63, 3.8) is 0 Å². The van der Waals surface area contributed by atoms with Crippen molar-refractivity contribution < 1.29 is 18.7 Å². The van der Waals surface area contributed by atoms with Crippen molar-refractivity contribution in [2.45, 2.75) is 60.5 Å². The minimum absolute atomic E-state index is 0. The zero-order valence-corrected chi connectivity index (χ0v) is 31.3. The Morgan fingerprint density at radius 2 is 1.20 bits per heavy atom. The molecule has 5 rings (SSSR count). The number of aromatic amines is 2. The first kappa shape index (κ1) is 43.1. The Balaban J connectivity index is 0.000000332. The van der Waals surface area contributed by atoms with Gasteiger partial charge in [-0.25, -0.2) is 19.2 Å². The van der Waals surface area contributed by atoms with Gasteiger partial charge in [0.15, 0.2) is 0 Å². The van der Waals surface area contributed by atoms with Gasteiger partial charge >= 0.3 is 6.09 Å². The van der Waals surface area contributed by atoms with Gasteiger partial charge in [-0.3, -0.25) is 4.79 Å². The number of alkyl carbamates (subject to hydrolysis) is 1. The van der Waals surface area contributed by atoms with Gasteiger partial charge in [-0.1, -0.05) is 67.7 Å². The lowest BCUT2D eigenvalue weighted by atomic mass is 10.2. The van der Waals surface area contributed by atoms with Crippen LogP contribution >= 0.6 is 46.4 Å². The molecule has 0 unspecified atom stereocenters. The number of H-pyrrole nitrogens is 2. The van der Waals surface area contributed by atoms with Crippen molar-refractivity contribution in [2.75, 3.05) is 13.1 Å². The maximum atomic E-state index is 12.9. The summed E-state index contributed by atoms with van der Waals surface area (Å²) in [5.74, 6) is 0.684. The van der Waals surface area contributed by atoms with Crippen molar-refractivity contribution in [1.29, 1.82) is 0 Å². The molecule has 2 aromatic heterocycles. The zero-order valence-electron chi connectivity index (χ0n) is 28.3.